The van der Waals surface area contributed by atoms with Crippen molar-refractivity contribution in [3.8, 4) is 5.75 Å². The van der Waals surface area contributed by atoms with Crippen molar-refractivity contribution in [2.75, 3.05) is 20.2 Å². The molecule has 7 heteroatoms. The van der Waals surface area contributed by atoms with E-state index in [0.717, 1.165) is 37.5 Å². The zero-order valence-corrected chi connectivity index (χ0v) is 17.5. The number of hydrogen-bond donors (Lipinski definition) is 0. The highest BCUT2D eigenvalue weighted by atomic mass is 32.2. The summed E-state index contributed by atoms with van der Waals surface area (Å²) in [6, 6.07) is 6.74. The van der Waals surface area contributed by atoms with E-state index in [-0.39, 0.29) is 0 Å². The van der Waals surface area contributed by atoms with Crippen molar-refractivity contribution in [3.05, 3.63) is 42.0 Å². The largest absolute Gasteiger partial charge is 0.497 e. The summed E-state index contributed by atoms with van der Waals surface area (Å²) in [6.45, 7) is 4.29. The fourth-order valence-electron chi connectivity index (χ4n) is 4.06. The van der Waals surface area contributed by atoms with Crippen molar-refractivity contribution in [2.24, 2.45) is 11.8 Å². The first kappa shape index (κ1) is 19.5. The average molecular weight is 404 g/mol. The lowest BCUT2D eigenvalue weighted by Gasteiger charge is -2.32. The number of aromatic nitrogens is 2. The molecule has 1 aliphatic carbocycles. The van der Waals surface area contributed by atoms with Gasteiger partial charge in [-0.2, -0.15) is 4.31 Å². The zero-order chi connectivity index (χ0) is 19.7. The summed E-state index contributed by atoms with van der Waals surface area (Å²) < 4.78 is 35.4. The van der Waals surface area contributed by atoms with E-state index in [2.05, 4.69) is 16.5 Å². The number of piperidine rings is 1. The van der Waals surface area contributed by atoms with Crippen molar-refractivity contribution >= 4 is 10.0 Å². The van der Waals surface area contributed by atoms with Gasteiger partial charge >= 0.3 is 0 Å². The first-order chi connectivity index (χ1) is 13.5. The quantitative estimate of drug-likeness (QED) is 0.712. The standard InChI is InChI=1S/C21H29N3O3S/c1-16-13-22-21(24(16)15-17-8-9-17)11-18-5-4-10-23(14-18)28(25,26)20-7-3-6-19(12-20)27-2/h3,6-7,12-13,17-18H,4-5,8-11,14-15H2,1-2H3. The summed E-state index contributed by atoms with van der Waals surface area (Å²) in [5, 5.41) is 0. The second-order valence-electron chi connectivity index (χ2n) is 8.12. The minimum Gasteiger partial charge on any atom is -0.497 e. The fourth-order valence-corrected chi connectivity index (χ4v) is 5.65. The Hall–Kier alpha value is -1.86. The van der Waals surface area contributed by atoms with E-state index < -0.39 is 10.0 Å². The van der Waals surface area contributed by atoms with E-state index in [1.54, 1.807) is 35.7 Å². The van der Waals surface area contributed by atoms with Crippen LogP contribution in [0.5, 0.6) is 5.75 Å². The number of rotatable bonds is 7. The van der Waals surface area contributed by atoms with Crippen molar-refractivity contribution < 1.29 is 13.2 Å². The monoisotopic (exact) mass is 403 g/mol. The Bertz CT molecular complexity index is 934. The average Bonchev–Trinajstić information content (AvgIpc) is 3.47. The van der Waals surface area contributed by atoms with Gasteiger partial charge in [0, 0.05) is 44.0 Å². The van der Waals surface area contributed by atoms with Gasteiger partial charge in [-0.05, 0) is 56.6 Å². The third-order valence-electron chi connectivity index (χ3n) is 5.91. The second-order valence-corrected chi connectivity index (χ2v) is 10.1. The van der Waals surface area contributed by atoms with Gasteiger partial charge in [0.1, 0.15) is 11.6 Å². The van der Waals surface area contributed by atoms with Crippen LogP contribution >= 0.6 is 0 Å². The molecular weight excluding hydrogens is 374 g/mol. The van der Waals surface area contributed by atoms with E-state index in [1.807, 2.05) is 6.20 Å². The van der Waals surface area contributed by atoms with Crippen LogP contribution in [0.1, 0.15) is 37.2 Å². The van der Waals surface area contributed by atoms with Gasteiger partial charge in [0.05, 0.1) is 12.0 Å². The molecule has 1 aliphatic heterocycles. The highest BCUT2D eigenvalue weighted by molar-refractivity contribution is 7.89. The molecule has 2 aliphatic rings. The number of nitrogens with zero attached hydrogens (tertiary/aromatic N) is 3. The molecule has 1 saturated heterocycles. The summed E-state index contributed by atoms with van der Waals surface area (Å²) in [5.41, 5.74) is 1.21. The number of aryl methyl sites for hydroxylation is 1. The van der Waals surface area contributed by atoms with Crippen molar-refractivity contribution in [2.45, 2.75) is 50.5 Å². The minimum atomic E-state index is -3.51. The third-order valence-corrected chi connectivity index (χ3v) is 7.77. The van der Waals surface area contributed by atoms with Crippen LogP contribution in [0.15, 0.2) is 35.4 Å². The van der Waals surface area contributed by atoms with Gasteiger partial charge in [-0.1, -0.05) is 6.07 Å². The molecule has 4 rings (SSSR count). The molecule has 2 aromatic rings. The molecule has 0 radical (unpaired) electrons. The lowest BCUT2D eigenvalue weighted by atomic mass is 9.96. The minimum absolute atomic E-state index is 0.300. The van der Waals surface area contributed by atoms with E-state index in [4.69, 9.17) is 4.74 Å². The molecule has 1 unspecified atom stereocenters. The summed E-state index contributed by atoms with van der Waals surface area (Å²) in [4.78, 5) is 4.94. The molecule has 1 aromatic heterocycles. The molecule has 0 N–H and O–H groups in total. The highest BCUT2D eigenvalue weighted by Crippen LogP contribution is 2.32. The number of ether oxygens (including phenoxy) is 1. The normalized spacial score (nSPS) is 21.0. The number of imidazole rings is 1. The Kier molecular flexibility index (Phi) is 5.47. The topological polar surface area (TPSA) is 64.4 Å². The Balaban J connectivity index is 1.48. The van der Waals surface area contributed by atoms with E-state index in [0.29, 0.717) is 29.7 Å². The third kappa shape index (κ3) is 4.10. The summed E-state index contributed by atoms with van der Waals surface area (Å²) >= 11 is 0. The number of benzene rings is 1. The van der Waals surface area contributed by atoms with Gasteiger partial charge in [-0.3, -0.25) is 0 Å². The smallest absolute Gasteiger partial charge is 0.243 e. The first-order valence-corrected chi connectivity index (χ1v) is 11.6. The van der Waals surface area contributed by atoms with Crippen molar-refractivity contribution in [1.82, 2.24) is 13.9 Å². The van der Waals surface area contributed by atoms with Crippen molar-refractivity contribution in [3.63, 3.8) is 0 Å². The summed E-state index contributed by atoms with van der Waals surface area (Å²) in [6.07, 6.45) is 7.34. The number of hydrogen-bond acceptors (Lipinski definition) is 4. The molecular formula is C21H29N3O3S. The van der Waals surface area contributed by atoms with Crippen LogP contribution in [0.3, 0.4) is 0 Å². The highest BCUT2D eigenvalue weighted by Gasteiger charge is 2.31. The van der Waals surface area contributed by atoms with Crippen LogP contribution in [0.2, 0.25) is 0 Å². The van der Waals surface area contributed by atoms with E-state index >= 15 is 0 Å². The van der Waals surface area contributed by atoms with Gasteiger partial charge in [0.15, 0.2) is 0 Å². The maximum absolute atomic E-state index is 13.1. The molecule has 0 bridgehead atoms. The summed E-state index contributed by atoms with van der Waals surface area (Å²) in [5.74, 6) is 2.76. The van der Waals surface area contributed by atoms with Gasteiger partial charge in [-0.25, -0.2) is 13.4 Å². The van der Waals surface area contributed by atoms with Gasteiger partial charge in [-0.15, -0.1) is 0 Å². The lowest BCUT2D eigenvalue weighted by molar-refractivity contribution is 0.261. The lowest BCUT2D eigenvalue weighted by Crippen LogP contribution is -2.40. The Morgan fingerprint density at radius 1 is 1.21 bits per heavy atom. The SMILES string of the molecule is COc1cccc(S(=O)(=O)N2CCCC(Cc3ncc(C)n3CC3CC3)C2)c1. The van der Waals surface area contributed by atoms with Crippen LogP contribution in [0.4, 0.5) is 0 Å². The Labute approximate surface area is 167 Å². The Morgan fingerprint density at radius 3 is 2.79 bits per heavy atom. The van der Waals surface area contributed by atoms with E-state index in [1.165, 1.54) is 18.5 Å². The maximum Gasteiger partial charge on any atom is 0.243 e. The molecule has 1 aromatic carbocycles. The molecule has 2 fully saturated rings. The molecule has 0 spiro atoms. The first-order valence-electron chi connectivity index (χ1n) is 10.1. The van der Waals surface area contributed by atoms with Gasteiger partial charge in [0.2, 0.25) is 10.0 Å². The molecule has 152 valence electrons. The summed E-state index contributed by atoms with van der Waals surface area (Å²) in [7, 11) is -1.96. The van der Waals surface area contributed by atoms with Crippen LogP contribution in [-0.4, -0.2) is 42.5 Å². The number of sulfonamides is 1. The predicted molar refractivity (Wildman–Crippen MR) is 108 cm³/mol. The molecule has 1 atom stereocenters. The maximum atomic E-state index is 13.1. The van der Waals surface area contributed by atoms with Crippen LogP contribution in [-0.2, 0) is 23.0 Å². The van der Waals surface area contributed by atoms with Gasteiger partial charge < -0.3 is 9.30 Å². The van der Waals surface area contributed by atoms with Gasteiger partial charge in [0.25, 0.3) is 0 Å². The Morgan fingerprint density at radius 2 is 2.04 bits per heavy atom. The zero-order valence-electron chi connectivity index (χ0n) is 16.7. The van der Waals surface area contributed by atoms with Crippen LogP contribution in [0, 0.1) is 18.8 Å². The molecule has 2 heterocycles. The van der Waals surface area contributed by atoms with Crippen LogP contribution < -0.4 is 4.74 Å². The van der Waals surface area contributed by atoms with E-state index in [9.17, 15) is 8.42 Å². The fraction of sp³-hybridized carbons (Fsp3) is 0.571. The molecule has 1 saturated carbocycles. The predicted octanol–water partition coefficient (Wildman–Crippen LogP) is 3.25. The molecule has 6 nitrogen and oxygen atoms in total. The second kappa shape index (κ2) is 7.87. The van der Waals surface area contributed by atoms with Crippen molar-refractivity contribution in [1.29, 1.82) is 0 Å². The number of methoxy groups -OCH3 is 1. The molecule has 0 amide bonds. The van der Waals surface area contributed by atoms with Crippen LogP contribution in [0.25, 0.3) is 0 Å². The molecule has 28 heavy (non-hydrogen) atoms.